The Bertz CT molecular complexity index is 816. The summed E-state index contributed by atoms with van der Waals surface area (Å²) in [6.45, 7) is 7.99. The summed E-state index contributed by atoms with van der Waals surface area (Å²) in [5.41, 5.74) is 4.87. The van der Waals surface area contributed by atoms with Crippen LogP contribution in [-0.4, -0.2) is 12.3 Å². The lowest BCUT2D eigenvalue weighted by Gasteiger charge is -2.17. The van der Waals surface area contributed by atoms with Gasteiger partial charge in [-0.1, -0.05) is 67.3 Å². The summed E-state index contributed by atoms with van der Waals surface area (Å²) in [6, 6.07) is 13.6. The van der Waals surface area contributed by atoms with Crippen molar-refractivity contribution in [3.05, 3.63) is 90.0 Å². The molecule has 2 aromatic rings. The third-order valence-corrected chi connectivity index (χ3v) is 3.85. The summed E-state index contributed by atoms with van der Waals surface area (Å²) in [7, 11) is 0. The van der Waals surface area contributed by atoms with Crippen LogP contribution in [0.3, 0.4) is 0 Å². The minimum atomic E-state index is 0.434. The number of benzene rings is 2. The van der Waals surface area contributed by atoms with E-state index in [0.29, 0.717) is 11.6 Å². The molecule has 0 bridgehead atoms. The predicted octanol–water partition coefficient (Wildman–Crippen LogP) is 5.61. The number of allylic oxidation sites excluding steroid dienone is 4. The molecule has 2 nitrogen and oxygen atoms in total. The second-order valence-corrected chi connectivity index (χ2v) is 5.53. The number of hydrogen-bond acceptors (Lipinski definition) is 2. The first-order valence-electron chi connectivity index (χ1n) is 7.27. The average molecular weight is 322 g/mol. The zero-order valence-corrected chi connectivity index (χ0v) is 13.4. The van der Waals surface area contributed by atoms with Crippen LogP contribution in [0.15, 0.2) is 78.8 Å². The van der Waals surface area contributed by atoms with Gasteiger partial charge in [-0.2, -0.15) is 0 Å². The summed E-state index contributed by atoms with van der Waals surface area (Å²) < 4.78 is 5.75. The molecular formula is C20H16ClNO. The number of hydrogen-bond donors (Lipinski definition) is 0. The Kier molecular flexibility index (Phi) is 4.45. The molecule has 3 heteroatoms. The fourth-order valence-corrected chi connectivity index (χ4v) is 2.59. The van der Waals surface area contributed by atoms with Crippen LogP contribution in [0.4, 0.5) is 5.69 Å². The molecule has 0 saturated carbocycles. The summed E-state index contributed by atoms with van der Waals surface area (Å²) in [5, 5.41) is 0.651. The summed E-state index contributed by atoms with van der Waals surface area (Å²) in [5.74, 6) is 0.723. The van der Waals surface area contributed by atoms with E-state index >= 15 is 0 Å². The topological polar surface area (TPSA) is 21.6 Å². The van der Waals surface area contributed by atoms with Crippen molar-refractivity contribution in [1.29, 1.82) is 0 Å². The second-order valence-electron chi connectivity index (χ2n) is 5.10. The van der Waals surface area contributed by atoms with Crippen molar-refractivity contribution in [3.63, 3.8) is 0 Å². The van der Waals surface area contributed by atoms with Crippen LogP contribution in [0.1, 0.15) is 11.1 Å². The van der Waals surface area contributed by atoms with Crippen molar-refractivity contribution in [2.24, 2.45) is 4.99 Å². The Morgan fingerprint density at radius 2 is 1.91 bits per heavy atom. The molecule has 0 amide bonds. The highest BCUT2D eigenvalue weighted by Crippen LogP contribution is 2.34. The van der Waals surface area contributed by atoms with E-state index in [4.69, 9.17) is 16.3 Å². The molecule has 1 heterocycles. The number of aliphatic imine (C=N–C) groups is 1. The normalized spacial score (nSPS) is 13.6. The van der Waals surface area contributed by atoms with Gasteiger partial charge in [0.1, 0.15) is 18.0 Å². The van der Waals surface area contributed by atoms with Gasteiger partial charge in [0.05, 0.1) is 5.71 Å². The zero-order valence-electron chi connectivity index (χ0n) is 12.6. The Balaban J connectivity index is 1.91. The monoisotopic (exact) mass is 321 g/mol. The fraction of sp³-hybridized carbons (Fsp3) is 0.0500. The Hall–Kier alpha value is -2.58. The Morgan fingerprint density at radius 1 is 1.13 bits per heavy atom. The molecule has 0 aliphatic carbocycles. The highest BCUT2D eigenvalue weighted by molar-refractivity contribution is 6.30. The van der Waals surface area contributed by atoms with Crippen LogP contribution in [0.5, 0.6) is 5.75 Å². The maximum absolute atomic E-state index is 5.97. The molecule has 3 rings (SSSR count). The van der Waals surface area contributed by atoms with Gasteiger partial charge in [0.15, 0.2) is 0 Å². The molecule has 0 saturated heterocycles. The van der Waals surface area contributed by atoms with Crippen LogP contribution < -0.4 is 4.74 Å². The van der Waals surface area contributed by atoms with E-state index in [2.05, 4.69) is 18.2 Å². The molecule has 1 aliphatic heterocycles. The van der Waals surface area contributed by atoms with Crippen LogP contribution >= 0.6 is 11.6 Å². The van der Waals surface area contributed by atoms with Gasteiger partial charge in [0.2, 0.25) is 0 Å². The van der Waals surface area contributed by atoms with Crippen molar-refractivity contribution in [2.75, 3.05) is 6.61 Å². The molecular weight excluding hydrogens is 306 g/mol. The molecule has 0 N–H and O–H groups in total. The highest BCUT2D eigenvalue weighted by atomic mass is 35.5. The molecule has 0 radical (unpaired) electrons. The van der Waals surface area contributed by atoms with Gasteiger partial charge >= 0.3 is 0 Å². The summed E-state index contributed by atoms with van der Waals surface area (Å²) in [4.78, 5) is 4.67. The maximum Gasteiger partial charge on any atom is 0.146 e. The number of rotatable bonds is 4. The van der Waals surface area contributed by atoms with E-state index in [9.17, 15) is 0 Å². The second kappa shape index (κ2) is 6.67. The smallest absolute Gasteiger partial charge is 0.146 e. The number of fused-ring (bicyclic) bond motifs is 1. The molecule has 0 unspecified atom stereocenters. The van der Waals surface area contributed by atoms with Gasteiger partial charge in [0, 0.05) is 11.1 Å². The largest absolute Gasteiger partial charge is 0.485 e. The van der Waals surface area contributed by atoms with Crippen molar-refractivity contribution >= 4 is 28.6 Å². The van der Waals surface area contributed by atoms with E-state index in [1.165, 1.54) is 0 Å². The van der Waals surface area contributed by atoms with Crippen LogP contribution in [0.2, 0.25) is 5.02 Å². The third-order valence-electron chi connectivity index (χ3n) is 3.61. The van der Waals surface area contributed by atoms with Crippen LogP contribution in [-0.2, 0) is 0 Å². The zero-order chi connectivity index (χ0) is 16.2. The van der Waals surface area contributed by atoms with E-state index in [1.807, 2.05) is 48.6 Å². The molecule has 2 aromatic carbocycles. The van der Waals surface area contributed by atoms with Crippen molar-refractivity contribution < 1.29 is 4.74 Å². The van der Waals surface area contributed by atoms with Gasteiger partial charge in [0.25, 0.3) is 0 Å². The Morgan fingerprint density at radius 3 is 2.61 bits per heavy atom. The Labute approximate surface area is 141 Å². The van der Waals surface area contributed by atoms with Gasteiger partial charge in [-0.25, -0.2) is 4.99 Å². The average Bonchev–Trinajstić information content (AvgIpc) is 2.59. The first-order chi connectivity index (χ1) is 11.2. The minimum Gasteiger partial charge on any atom is -0.485 e. The van der Waals surface area contributed by atoms with E-state index in [1.54, 1.807) is 12.1 Å². The minimum absolute atomic E-state index is 0.434. The highest BCUT2D eigenvalue weighted by Gasteiger charge is 2.15. The third kappa shape index (κ3) is 3.27. The lowest BCUT2D eigenvalue weighted by Crippen LogP contribution is -2.16. The lowest BCUT2D eigenvalue weighted by atomic mass is 10.0. The molecule has 0 atom stereocenters. The first-order valence-corrected chi connectivity index (χ1v) is 7.65. The number of nitrogens with zero attached hydrogens (tertiary/aromatic N) is 1. The van der Waals surface area contributed by atoms with Gasteiger partial charge in [-0.3, -0.25) is 0 Å². The van der Waals surface area contributed by atoms with E-state index in [0.717, 1.165) is 33.8 Å². The summed E-state index contributed by atoms with van der Waals surface area (Å²) in [6.07, 6.45) is 5.51. The van der Waals surface area contributed by atoms with E-state index < -0.39 is 0 Å². The first kappa shape index (κ1) is 15.3. The molecule has 114 valence electrons. The number of ether oxygens (including phenoxy) is 1. The van der Waals surface area contributed by atoms with Crippen molar-refractivity contribution in [3.8, 4) is 5.75 Å². The summed E-state index contributed by atoms with van der Waals surface area (Å²) >= 11 is 5.97. The predicted molar refractivity (Wildman–Crippen MR) is 98.0 cm³/mol. The fourth-order valence-electron chi connectivity index (χ4n) is 2.43. The van der Waals surface area contributed by atoms with Crippen molar-refractivity contribution in [2.45, 2.75) is 0 Å². The maximum atomic E-state index is 5.97. The van der Waals surface area contributed by atoms with Gasteiger partial charge < -0.3 is 4.74 Å². The van der Waals surface area contributed by atoms with Crippen molar-refractivity contribution in [1.82, 2.24) is 0 Å². The standard InChI is InChI=1S/C20H16ClNO/c1-3-5-14(4-2)15-6-8-16(9-7-15)19-13-23-20-12-17(21)10-11-18(20)22-19/h3-12H,1-2,13H2/b14-5+. The SMILES string of the molecule is C=C/C=C(\C=C)c1ccc(C2=Nc3ccc(Cl)cc3OC2)cc1. The van der Waals surface area contributed by atoms with Crippen LogP contribution in [0, 0.1) is 0 Å². The van der Waals surface area contributed by atoms with Crippen LogP contribution in [0.25, 0.3) is 5.57 Å². The molecule has 0 aromatic heterocycles. The van der Waals surface area contributed by atoms with Gasteiger partial charge in [-0.05, 0) is 28.8 Å². The molecule has 0 spiro atoms. The lowest BCUT2D eigenvalue weighted by molar-refractivity contribution is 0.373. The molecule has 0 fully saturated rings. The molecule has 1 aliphatic rings. The number of halogens is 1. The van der Waals surface area contributed by atoms with Gasteiger partial charge in [-0.15, -0.1) is 0 Å². The van der Waals surface area contributed by atoms with E-state index in [-0.39, 0.29) is 0 Å². The molecule has 23 heavy (non-hydrogen) atoms. The quantitative estimate of drug-likeness (QED) is 0.671.